The molecule has 0 bridgehead atoms. The van der Waals surface area contributed by atoms with Crippen LogP contribution >= 0.6 is 34.7 Å². The summed E-state index contributed by atoms with van der Waals surface area (Å²) in [7, 11) is 0. The molecule has 2 heterocycles. The minimum atomic E-state index is -0.175. The van der Waals surface area contributed by atoms with Gasteiger partial charge in [0.1, 0.15) is 28.5 Å². The molecule has 9 heteroatoms. The Morgan fingerprint density at radius 2 is 2.07 bits per heavy atom. The van der Waals surface area contributed by atoms with Crippen LogP contribution in [0.5, 0.6) is 0 Å². The Morgan fingerprint density at radius 1 is 1.30 bits per heavy atom. The Bertz CT molecular complexity index is 1180. The largest absolute Gasteiger partial charge is 0.383 e. The van der Waals surface area contributed by atoms with E-state index in [1.54, 1.807) is 18.2 Å². The summed E-state index contributed by atoms with van der Waals surface area (Å²) in [6.07, 6.45) is 0.205. The smallest absolute Gasteiger partial charge is 0.225 e. The van der Waals surface area contributed by atoms with Crippen molar-refractivity contribution in [3.05, 3.63) is 56.7 Å². The molecule has 0 atom stereocenters. The average molecular weight is 454 g/mol. The number of thiophene rings is 1. The van der Waals surface area contributed by atoms with E-state index in [1.165, 1.54) is 23.1 Å². The lowest BCUT2D eigenvalue weighted by atomic mass is 9.99. The average Bonchev–Trinajstić information content (AvgIpc) is 3.25. The number of carbonyl (C=O) groups excluding carboxylic acids is 1. The van der Waals surface area contributed by atoms with Gasteiger partial charge in [-0.1, -0.05) is 17.7 Å². The number of benzene rings is 1. The molecule has 0 saturated carbocycles. The van der Waals surface area contributed by atoms with E-state index in [2.05, 4.69) is 16.4 Å². The van der Waals surface area contributed by atoms with Crippen LogP contribution in [0.2, 0.25) is 5.02 Å². The van der Waals surface area contributed by atoms with E-state index < -0.39 is 0 Å². The number of nitrogens with two attached hydrogens (primary N) is 1. The molecule has 0 fully saturated rings. The van der Waals surface area contributed by atoms with Crippen molar-refractivity contribution in [2.24, 2.45) is 0 Å². The number of thioether (sulfide) groups is 1. The highest BCUT2D eigenvalue weighted by atomic mass is 35.5. The van der Waals surface area contributed by atoms with Crippen LogP contribution in [-0.4, -0.2) is 16.6 Å². The summed E-state index contributed by atoms with van der Waals surface area (Å²) in [5, 5.41) is 26.8. The van der Waals surface area contributed by atoms with Crippen molar-refractivity contribution >= 4 is 52.1 Å². The molecule has 2 aromatic heterocycles. The third-order valence-electron chi connectivity index (χ3n) is 4.34. The van der Waals surface area contributed by atoms with Crippen LogP contribution in [0, 0.1) is 29.6 Å². The second-order valence-corrected chi connectivity index (χ2v) is 8.49. The summed E-state index contributed by atoms with van der Waals surface area (Å²) in [5.74, 6) is 0.284. The summed E-state index contributed by atoms with van der Waals surface area (Å²) in [6, 6.07) is 11.3. The van der Waals surface area contributed by atoms with Gasteiger partial charge in [0.2, 0.25) is 5.91 Å². The SMILES string of the molecule is Cc1c(Cl)cccc1NC(=O)CCSc1nc(N)c(C#N)c(-c2ccsc2)c1C#N. The lowest BCUT2D eigenvalue weighted by Crippen LogP contribution is -2.13. The number of nitrogens with zero attached hydrogens (tertiary/aromatic N) is 3. The summed E-state index contributed by atoms with van der Waals surface area (Å²) in [5.41, 5.74) is 9.15. The molecule has 0 saturated heterocycles. The van der Waals surface area contributed by atoms with E-state index in [1.807, 2.05) is 29.8 Å². The van der Waals surface area contributed by atoms with Crippen molar-refractivity contribution < 1.29 is 4.79 Å². The van der Waals surface area contributed by atoms with E-state index in [0.717, 1.165) is 11.1 Å². The van der Waals surface area contributed by atoms with E-state index >= 15 is 0 Å². The normalized spacial score (nSPS) is 10.3. The van der Waals surface area contributed by atoms with Gasteiger partial charge in [-0.2, -0.15) is 21.9 Å². The van der Waals surface area contributed by atoms with Crippen molar-refractivity contribution in [1.82, 2.24) is 4.98 Å². The first-order valence-corrected chi connectivity index (χ1v) is 11.1. The lowest BCUT2D eigenvalue weighted by molar-refractivity contribution is -0.115. The molecule has 3 N–H and O–H groups in total. The zero-order valence-corrected chi connectivity index (χ0v) is 18.3. The molecule has 0 spiro atoms. The van der Waals surface area contributed by atoms with Crippen molar-refractivity contribution in [3.63, 3.8) is 0 Å². The standard InChI is InChI=1S/C21H16ClN5OS2/c1-12-16(22)3-2-4-17(12)26-18(28)6-8-30-21-15(10-24)19(13-5-7-29-11-13)14(9-23)20(25)27-21/h2-5,7,11H,6,8H2,1H3,(H2,25,27)(H,26,28). The Kier molecular flexibility index (Phi) is 6.96. The third kappa shape index (κ3) is 4.58. The van der Waals surface area contributed by atoms with E-state index in [-0.39, 0.29) is 29.3 Å². The van der Waals surface area contributed by atoms with Gasteiger partial charge < -0.3 is 11.1 Å². The molecular weight excluding hydrogens is 438 g/mol. The Morgan fingerprint density at radius 3 is 2.73 bits per heavy atom. The third-order valence-corrected chi connectivity index (χ3v) is 6.40. The molecule has 1 aromatic carbocycles. The number of amides is 1. The predicted octanol–water partition coefficient (Wildman–Crippen LogP) is 5.22. The highest BCUT2D eigenvalue weighted by Gasteiger charge is 2.21. The Labute approximate surface area is 187 Å². The summed E-state index contributed by atoms with van der Waals surface area (Å²) >= 11 is 8.80. The number of pyridine rings is 1. The summed E-state index contributed by atoms with van der Waals surface area (Å²) in [4.78, 5) is 16.6. The number of carbonyl (C=O) groups is 1. The van der Waals surface area contributed by atoms with Gasteiger partial charge in [0.25, 0.3) is 0 Å². The fraction of sp³-hybridized carbons (Fsp3) is 0.143. The fourth-order valence-corrected chi connectivity index (χ4v) is 4.55. The molecule has 3 aromatic rings. The number of aromatic nitrogens is 1. The lowest BCUT2D eigenvalue weighted by Gasteiger charge is -2.12. The maximum Gasteiger partial charge on any atom is 0.225 e. The molecule has 0 aliphatic carbocycles. The number of rotatable bonds is 6. The predicted molar refractivity (Wildman–Crippen MR) is 122 cm³/mol. The van der Waals surface area contributed by atoms with Gasteiger partial charge in [-0.15, -0.1) is 11.8 Å². The van der Waals surface area contributed by atoms with Crippen molar-refractivity contribution in [3.8, 4) is 23.3 Å². The van der Waals surface area contributed by atoms with Crippen molar-refractivity contribution in [2.45, 2.75) is 18.4 Å². The van der Waals surface area contributed by atoms with Gasteiger partial charge in [0, 0.05) is 28.4 Å². The molecule has 0 unspecified atom stereocenters. The molecule has 0 aliphatic rings. The molecule has 6 nitrogen and oxygen atoms in total. The highest BCUT2D eigenvalue weighted by Crippen LogP contribution is 2.36. The van der Waals surface area contributed by atoms with Crippen LogP contribution in [0.1, 0.15) is 23.1 Å². The topological polar surface area (TPSA) is 116 Å². The van der Waals surface area contributed by atoms with Crippen molar-refractivity contribution in [1.29, 1.82) is 10.5 Å². The van der Waals surface area contributed by atoms with Crippen LogP contribution in [-0.2, 0) is 4.79 Å². The molecule has 150 valence electrons. The number of nitrogen functional groups attached to an aromatic ring is 1. The van der Waals surface area contributed by atoms with Gasteiger partial charge in [0.05, 0.1) is 5.56 Å². The number of anilines is 2. The first-order chi connectivity index (χ1) is 14.5. The maximum atomic E-state index is 12.3. The van der Waals surface area contributed by atoms with E-state index in [0.29, 0.717) is 27.1 Å². The molecule has 0 aliphatic heterocycles. The number of nitriles is 2. The zero-order valence-electron chi connectivity index (χ0n) is 15.9. The minimum Gasteiger partial charge on any atom is -0.383 e. The highest BCUT2D eigenvalue weighted by molar-refractivity contribution is 7.99. The summed E-state index contributed by atoms with van der Waals surface area (Å²) < 4.78 is 0. The number of hydrogen-bond acceptors (Lipinski definition) is 7. The van der Waals surface area contributed by atoms with Crippen LogP contribution < -0.4 is 11.1 Å². The summed E-state index contributed by atoms with van der Waals surface area (Å²) in [6.45, 7) is 1.83. The molecule has 30 heavy (non-hydrogen) atoms. The van der Waals surface area contributed by atoms with Crippen LogP contribution in [0.3, 0.4) is 0 Å². The van der Waals surface area contributed by atoms with Gasteiger partial charge >= 0.3 is 0 Å². The quantitative estimate of drug-likeness (QED) is 0.494. The van der Waals surface area contributed by atoms with Crippen molar-refractivity contribution in [2.75, 3.05) is 16.8 Å². The fourth-order valence-electron chi connectivity index (χ4n) is 2.79. The van der Waals surface area contributed by atoms with E-state index in [9.17, 15) is 15.3 Å². The second-order valence-electron chi connectivity index (χ2n) is 6.22. The van der Waals surface area contributed by atoms with Gasteiger partial charge in [0.15, 0.2) is 0 Å². The van der Waals surface area contributed by atoms with Gasteiger partial charge in [-0.25, -0.2) is 4.98 Å². The second kappa shape index (κ2) is 9.64. The zero-order chi connectivity index (χ0) is 21.7. The number of hydrogen-bond donors (Lipinski definition) is 2. The number of nitrogens with one attached hydrogen (secondary N) is 1. The van der Waals surface area contributed by atoms with Crippen LogP contribution in [0.4, 0.5) is 11.5 Å². The maximum absolute atomic E-state index is 12.3. The van der Waals surface area contributed by atoms with Crippen LogP contribution in [0.25, 0.3) is 11.1 Å². The Hall–Kier alpha value is -3.04. The number of halogens is 1. The first kappa shape index (κ1) is 21.7. The monoisotopic (exact) mass is 453 g/mol. The Balaban J connectivity index is 1.77. The molecular formula is C21H16ClN5OS2. The van der Waals surface area contributed by atoms with E-state index in [4.69, 9.17) is 17.3 Å². The minimum absolute atomic E-state index is 0.0687. The first-order valence-electron chi connectivity index (χ1n) is 8.80. The molecule has 1 amide bonds. The molecule has 0 radical (unpaired) electrons. The molecule has 3 rings (SSSR count). The van der Waals surface area contributed by atoms with Gasteiger partial charge in [-0.05, 0) is 47.0 Å². The van der Waals surface area contributed by atoms with Gasteiger partial charge in [-0.3, -0.25) is 4.79 Å². The van der Waals surface area contributed by atoms with Crippen LogP contribution in [0.15, 0.2) is 40.1 Å².